The van der Waals surface area contributed by atoms with Crippen LogP contribution in [0.3, 0.4) is 0 Å². The topological polar surface area (TPSA) is 500 Å². The van der Waals surface area contributed by atoms with Gasteiger partial charge in [0.15, 0.2) is 48.5 Å². The standard InChI is InChI=1S/C58H94O25.C16H12O6/c1-23-44(80-47-40(69)34(63)27(60)21-74-47)38(67)42(71)48(76-23)79-33-13-14-55(7)30(54(33,5)6)12-15-56(8)31(55)11-10-25-26-18-53(3,4)16-17-58(26,32(62)19-57(25,56)9)52(73)83-51-46(35(64)28(61)22-75-51)82-49-43(72)39(68)45(24(2)77-49)81-50-41(70)37(66)36(65)29(20-59)78-50;17-10-2-1-8-13-9-4-12(19)11(18)3-7(9)5-16(13,21)6-22-15(8)14(10)20/h10,23-24,26-51,59-72H,11-22H2,1-9H3;1-4,18-21H,5-6H2. The van der Waals surface area contributed by atoms with Gasteiger partial charge in [-0.05, 0) is 152 Å². The highest BCUT2D eigenvalue weighted by atomic mass is 16.8. The molecule has 1 aromatic carbocycles. The van der Waals surface area contributed by atoms with Crippen LogP contribution in [-0.2, 0) is 68.1 Å². The first kappa shape index (κ1) is 78.7. The first-order valence-electron chi connectivity index (χ1n) is 36.7. The van der Waals surface area contributed by atoms with Crippen molar-refractivity contribution in [1.29, 1.82) is 0 Å². The highest BCUT2D eigenvalue weighted by Gasteiger charge is 2.72. The second-order valence-corrected chi connectivity index (χ2v) is 33.9. The largest absolute Gasteiger partial charge is 0.504 e. The number of aromatic hydroxyl groups is 2. The van der Waals surface area contributed by atoms with Crippen molar-refractivity contribution in [2.75, 3.05) is 26.4 Å². The molecule has 588 valence electrons. The highest BCUT2D eigenvalue weighted by molar-refractivity contribution is 6.06. The summed E-state index contributed by atoms with van der Waals surface area (Å²) in [6.07, 6.45) is -26.3. The molecule has 18 N–H and O–H groups in total. The molecule has 0 spiro atoms. The molecular formula is C74H106O31. The lowest BCUT2D eigenvalue weighted by Crippen LogP contribution is -2.68. The molecule has 13 aliphatic rings. The smallest absolute Gasteiger partial charge is 0.317 e. The summed E-state index contributed by atoms with van der Waals surface area (Å²) in [5.74, 6) is -2.58. The maximum atomic E-state index is 15.4. The van der Waals surface area contributed by atoms with Crippen LogP contribution in [0.25, 0.3) is 5.57 Å². The van der Waals surface area contributed by atoms with Gasteiger partial charge >= 0.3 is 5.97 Å². The quantitative estimate of drug-likeness (QED) is 0.0556. The lowest BCUT2D eigenvalue weighted by molar-refractivity contribution is -0.374. The fraction of sp³-hybridized carbons (Fsp3) is 0.784. The second-order valence-electron chi connectivity index (χ2n) is 33.9. The molecule has 0 aromatic heterocycles. The van der Waals surface area contributed by atoms with E-state index < -0.39 is 212 Å². The number of hydrogen-bond acceptors (Lipinski definition) is 31. The molecule has 4 saturated carbocycles. The molecular weight excluding hydrogens is 1380 g/mol. The van der Waals surface area contributed by atoms with Crippen LogP contribution in [-0.4, -0.2) is 289 Å². The molecule has 33 unspecified atom stereocenters. The van der Waals surface area contributed by atoms with Gasteiger partial charge in [-0.15, -0.1) is 0 Å². The zero-order valence-electron chi connectivity index (χ0n) is 60.3. The predicted molar refractivity (Wildman–Crippen MR) is 357 cm³/mol. The molecule has 6 aliphatic heterocycles. The van der Waals surface area contributed by atoms with E-state index in [1.165, 1.54) is 31.2 Å². The maximum Gasteiger partial charge on any atom is 0.317 e. The predicted octanol–water partition coefficient (Wildman–Crippen LogP) is -0.830. The fourth-order valence-corrected chi connectivity index (χ4v) is 20.7. The number of benzene rings is 1. The number of allylic oxidation sites excluding steroid dienone is 4. The summed E-state index contributed by atoms with van der Waals surface area (Å²) in [6.45, 7) is 17.1. The molecule has 0 bridgehead atoms. The average molecular weight is 1490 g/mol. The van der Waals surface area contributed by atoms with Gasteiger partial charge in [0.2, 0.25) is 17.8 Å². The molecule has 31 nitrogen and oxygen atoms in total. The summed E-state index contributed by atoms with van der Waals surface area (Å²) in [6, 6.07) is 2.77. The molecule has 1 aromatic rings. The second kappa shape index (κ2) is 28.4. The van der Waals surface area contributed by atoms with Gasteiger partial charge in [0.25, 0.3) is 0 Å². The summed E-state index contributed by atoms with van der Waals surface area (Å²) in [7, 11) is 0. The van der Waals surface area contributed by atoms with Gasteiger partial charge in [-0.2, -0.15) is 0 Å². The summed E-state index contributed by atoms with van der Waals surface area (Å²) >= 11 is 0. The van der Waals surface area contributed by atoms with Crippen molar-refractivity contribution < 1.29 is 154 Å². The fourth-order valence-electron chi connectivity index (χ4n) is 20.7. The van der Waals surface area contributed by atoms with E-state index in [2.05, 4.69) is 54.5 Å². The highest BCUT2D eigenvalue weighted by Crippen LogP contribution is 2.76. The molecule has 33 atom stereocenters. The molecule has 6 heterocycles. The van der Waals surface area contributed by atoms with E-state index in [9.17, 15) is 96.7 Å². The Kier molecular flexibility index (Phi) is 21.3. The van der Waals surface area contributed by atoms with Gasteiger partial charge in [-0.3, -0.25) is 9.59 Å². The number of carbonyl (C=O) groups excluding carboxylic acids is 2. The first-order chi connectivity index (χ1) is 49.2. The SMILES string of the molecule is CC1OC(OC2CCC3(C)C(CCC4(C)C3CC=C3C5CC(C)(C)CCC5(C(=O)OC5OCC(O)C(O)C5OC5OC(C)C(OC6OC(CO)C(O)C(O)C6O)C(O)C5O)C(O)CC34C)C2(C)C)C(O)C(O)C1OC1OCC(O)C(O)C1O.O=C1C=CC2=C3c4cc(O)c(O)cc4CC3(O)COC2=C1O. The van der Waals surface area contributed by atoms with Crippen molar-refractivity contribution in [1.82, 2.24) is 0 Å². The van der Waals surface area contributed by atoms with Crippen LogP contribution >= 0.6 is 0 Å². The number of fused-ring (bicyclic) bond motifs is 11. The third-order valence-electron chi connectivity index (χ3n) is 26.9. The first-order valence-corrected chi connectivity index (χ1v) is 36.7. The number of phenols is 2. The van der Waals surface area contributed by atoms with E-state index in [1.807, 2.05) is 0 Å². The Morgan fingerprint density at radius 3 is 1.84 bits per heavy atom. The van der Waals surface area contributed by atoms with E-state index in [1.54, 1.807) is 6.92 Å². The Hall–Kier alpha value is -4.44. The summed E-state index contributed by atoms with van der Waals surface area (Å²) < 4.78 is 65.0. The minimum absolute atomic E-state index is 0.0348. The minimum Gasteiger partial charge on any atom is -0.504 e. The molecule has 14 rings (SSSR count). The third kappa shape index (κ3) is 12.9. The van der Waals surface area contributed by atoms with E-state index in [-0.39, 0.29) is 77.8 Å². The van der Waals surface area contributed by atoms with Crippen LogP contribution in [0.15, 0.2) is 53.0 Å². The number of esters is 1. The molecule has 31 heteroatoms. The van der Waals surface area contributed by atoms with Gasteiger partial charge in [0.05, 0.1) is 44.2 Å². The number of aliphatic hydroxyl groups is 16. The average Bonchev–Trinajstić information content (AvgIpc) is 1.27. The van der Waals surface area contributed by atoms with Gasteiger partial charge in [-0.25, -0.2) is 0 Å². The Labute approximate surface area is 606 Å². The number of carbonyl (C=O) groups is 2. The van der Waals surface area contributed by atoms with Gasteiger partial charge < -0.3 is 144 Å². The summed E-state index contributed by atoms with van der Waals surface area (Å²) in [5.41, 5.74) is -1.48. The number of rotatable bonds is 11. The van der Waals surface area contributed by atoms with Gasteiger partial charge in [0.1, 0.15) is 109 Å². The molecule has 105 heavy (non-hydrogen) atoms. The summed E-state index contributed by atoms with van der Waals surface area (Å²) in [4.78, 5) is 26.9. The monoisotopic (exact) mass is 1490 g/mol. The Morgan fingerprint density at radius 1 is 0.600 bits per heavy atom. The van der Waals surface area contributed by atoms with E-state index >= 15 is 4.79 Å². The normalized spacial score (nSPS) is 49.0. The third-order valence-corrected chi connectivity index (χ3v) is 26.9. The van der Waals surface area contributed by atoms with Crippen molar-refractivity contribution in [3.05, 3.63) is 64.2 Å². The Balaban J connectivity index is 0.000000375. The van der Waals surface area contributed by atoms with Gasteiger partial charge in [-0.1, -0.05) is 60.1 Å². The number of aliphatic hydroxyl groups excluding tert-OH is 15. The van der Waals surface area contributed by atoms with Crippen molar-refractivity contribution in [2.24, 2.45) is 50.2 Å². The van der Waals surface area contributed by atoms with E-state index in [0.29, 0.717) is 48.0 Å². The lowest BCUT2D eigenvalue weighted by Gasteiger charge is -2.71. The molecule has 0 radical (unpaired) electrons. The van der Waals surface area contributed by atoms with Crippen LogP contribution in [0, 0.1) is 50.2 Å². The van der Waals surface area contributed by atoms with E-state index in [0.717, 1.165) is 24.8 Å². The Morgan fingerprint density at radius 2 is 1.18 bits per heavy atom. The van der Waals surface area contributed by atoms with Gasteiger partial charge in [0, 0.05) is 17.6 Å². The number of ether oxygens (including phenoxy) is 11. The lowest BCUT2D eigenvalue weighted by atomic mass is 9.33. The number of phenolic OH excluding ortho intramolecular Hbond substituents is 2. The minimum atomic E-state index is -1.93. The van der Waals surface area contributed by atoms with Crippen LogP contribution in [0.2, 0.25) is 0 Å². The molecule has 9 fully saturated rings. The number of hydrogen-bond donors (Lipinski definition) is 18. The van der Waals surface area contributed by atoms with Crippen molar-refractivity contribution in [3.63, 3.8) is 0 Å². The van der Waals surface area contributed by atoms with Crippen molar-refractivity contribution in [3.8, 4) is 11.5 Å². The zero-order valence-corrected chi connectivity index (χ0v) is 60.3. The van der Waals surface area contributed by atoms with Crippen molar-refractivity contribution >= 4 is 17.3 Å². The Bertz CT molecular complexity index is 3560. The molecule has 7 aliphatic carbocycles. The van der Waals surface area contributed by atoms with Crippen LogP contribution < -0.4 is 0 Å². The van der Waals surface area contributed by atoms with Crippen molar-refractivity contribution in [2.45, 2.75) is 286 Å². The maximum absolute atomic E-state index is 15.4. The van der Waals surface area contributed by atoms with Crippen LogP contribution in [0.4, 0.5) is 0 Å². The number of ketones is 1. The molecule has 0 amide bonds. The van der Waals surface area contributed by atoms with Crippen LogP contribution in [0.1, 0.15) is 131 Å². The van der Waals surface area contributed by atoms with E-state index in [4.69, 9.17) is 52.1 Å². The zero-order chi connectivity index (χ0) is 76.2. The van der Waals surface area contributed by atoms with Crippen LogP contribution in [0.5, 0.6) is 11.5 Å². The summed E-state index contributed by atoms with van der Waals surface area (Å²) in [5, 5.41) is 193. The molecule has 5 saturated heterocycles.